The number of rotatable bonds is 4. The van der Waals surface area contributed by atoms with Crippen molar-refractivity contribution in [1.29, 1.82) is 0 Å². The van der Waals surface area contributed by atoms with E-state index in [0.717, 1.165) is 19.5 Å². The van der Waals surface area contributed by atoms with E-state index in [2.05, 4.69) is 29.2 Å². The lowest BCUT2D eigenvalue weighted by molar-refractivity contribution is 0.104. The molecule has 1 saturated heterocycles. The molecule has 3 heteroatoms. The number of likely N-dealkylation sites (tertiary alicyclic amines) is 1. The highest BCUT2D eigenvalue weighted by atomic mass is 35.5. The Bertz CT molecular complexity index is 887. The van der Waals surface area contributed by atoms with Crippen LogP contribution in [0.25, 0.3) is 5.57 Å². The van der Waals surface area contributed by atoms with E-state index in [4.69, 9.17) is 11.6 Å². The normalized spacial score (nSPS) is 17.3. The Balaban J connectivity index is 1.65. The smallest absolute Gasteiger partial charge is 0.185 e. The van der Waals surface area contributed by atoms with Crippen LogP contribution in [0.5, 0.6) is 0 Å². The van der Waals surface area contributed by atoms with E-state index in [1.807, 2.05) is 6.08 Å². The molecule has 0 atom stereocenters. The van der Waals surface area contributed by atoms with Crippen molar-refractivity contribution >= 4 is 23.0 Å². The minimum atomic E-state index is 0.0127. The van der Waals surface area contributed by atoms with Gasteiger partial charge in [0.2, 0.25) is 0 Å². The highest BCUT2D eigenvalue weighted by Crippen LogP contribution is 2.36. The van der Waals surface area contributed by atoms with Crippen LogP contribution in [0, 0.1) is 0 Å². The van der Waals surface area contributed by atoms with Crippen LogP contribution in [0.3, 0.4) is 0 Å². The van der Waals surface area contributed by atoms with Gasteiger partial charge in [-0.15, -0.1) is 0 Å². The fourth-order valence-corrected chi connectivity index (χ4v) is 4.17. The molecule has 1 heterocycles. The third-order valence-corrected chi connectivity index (χ3v) is 5.75. The standard InChI is InChI=1S/C24H24ClNO/c25-20-11-9-18(10-12-20)24(27)14-13-22-21-8-4-3-7-19(21)17-23(22)26-15-5-1-2-6-16-26/h3-4,7-14H,1-2,5-6,15-17H2. The molecule has 138 valence electrons. The molecule has 0 aromatic heterocycles. The molecule has 0 amide bonds. The lowest BCUT2D eigenvalue weighted by atomic mass is 10.0. The lowest BCUT2D eigenvalue weighted by Crippen LogP contribution is -2.24. The molecular weight excluding hydrogens is 354 g/mol. The average molecular weight is 378 g/mol. The second-order valence-corrected chi connectivity index (χ2v) is 7.74. The molecule has 27 heavy (non-hydrogen) atoms. The first-order valence-electron chi connectivity index (χ1n) is 9.77. The third kappa shape index (κ3) is 4.01. The second-order valence-electron chi connectivity index (χ2n) is 7.30. The van der Waals surface area contributed by atoms with E-state index in [-0.39, 0.29) is 5.78 Å². The van der Waals surface area contributed by atoms with Crippen LogP contribution in [0.1, 0.15) is 47.2 Å². The zero-order chi connectivity index (χ0) is 18.6. The van der Waals surface area contributed by atoms with Crippen molar-refractivity contribution in [1.82, 2.24) is 4.90 Å². The van der Waals surface area contributed by atoms with Crippen LogP contribution < -0.4 is 0 Å². The maximum Gasteiger partial charge on any atom is 0.185 e. The summed E-state index contributed by atoms with van der Waals surface area (Å²) >= 11 is 5.93. The average Bonchev–Trinajstić information content (AvgIpc) is 2.86. The fourth-order valence-electron chi connectivity index (χ4n) is 4.05. The molecular formula is C24H24ClNO. The largest absolute Gasteiger partial charge is 0.374 e. The predicted molar refractivity (Wildman–Crippen MR) is 112 cm³/mol. The molecule has 4 rings (SSSR count). The van der Waals surface area contributed by atoms with Crippen molar-refractivity contribution in [3.8, 4) is 0 Å². The van der Waals surface area contributed by atoms with E-state index in [1.54, 1.807) is 30.3 Å². The van der Waals surface area contributed by atoms with Gasteiger partial charge in [-0.2, -0.15) is 0 Å². The van der Waals surface area contributed by atoms with E-state index >= 15 is 0 Å². The highest BCUT2D eigenvalue weighted by molar-refractivity contribution is 6.30. The van der Waals surface area contributed by atoms with Gasteiger partial charge in [-0.25, -0.2) is 0 Å². The summed E-state index contributed by atoms with van der Waals surface area (Å²) in [4.78, 5) is 15.1. The summed E-state index contributed by atoms with van der Waals surface area (Å²) in [5, 5.41) is 0.645. The van der Waals surface area contributed by atoms with Crippen molar-refractivity contribution in [2.24, 2.45) is 0 Å². The van der Waals surface area contributed by atoms with E-state index < -0.39 is 0 Å². The molecule has 0 saturated carbocycles. The van der Waals surface area contributed by atoms with Gasteiger partial charge < -0.3 is 4.90 Å². The molecule has 0 N–H and O–H groups in total. The minimum absolute atomic E-state index is 0.0127. The molecule has 0 radical (unpaired) electrons. The number of hydrogen-bond acceptors (Lipinski definition) is 2. The lowest BCUT2D eigenvalue weighted by Gasteiger charge is -2.25. The van der Waals surface area contributed by atoms with Crippen molar-refractivity contribution in [2.75, 3.05) is 13.1 Å². The molecule has 1 aliphatic heterocycles. The Labute approximate surface area is 166 Å². The number of carbonyl (C=O) groups is 1. The Morgan fingerprint density at radius 3 is 2.37 bits per heavy atom. The topological polar surface area (TPSA) is 20.3 Å². The maximum absolute atomic E-state index is 12.6. The number of ketones is 1. The summed E-state index contributed by atoms with van der Waals surface area (Å²) in [5.41, 5.74) is 5.86. The van der Waals surface area contributed by atoms with Gasteiger partial charge in [0.1, 0.15) is 0 Å². The number of halogens is 1. The van der Waals surface area contributed by atoms with Crippen LogP contribution in [0.15, 0.2) is 66.4 Å². The molecule has 1 fully saturated rings. The molecule has 2 nitrogen and oxygen atoms in total. The number of benzene rings is 2. The molecule has 0 unspecified atom stereocenters. The molecule has 0 bridgehead atoms. The van der Waals surface area contributed by atoms with Crippen LogP contribution >= 0.6 is 11.6 Å². The number of carbonyl (C=O) groups excluding carboxylic acids is 1. The van der Waals surface area contributed by atoms with E-state index in [0.29, 0.717) is 10.6 Å². The number of nitrogens with zero attached hydrogens (tertiary/aromatic N) is 1. The van der Waals surface area contributed by atoms with Crippen LogP contribution in [0.4, 0.5) is 0 Å². The van der Waals surface area contributed by atoms with Crippen LogP contribution in [-0.2, 0) is 6.42 Å². The van der Waals surface area contributed by atoms with Crippen LogP contribution in [0.2, 0.25) is 5.02 Å². The first-order chi connectivity index (χ1) is 13.2. The molecule has 0 spiro atoms. The Morgan fingerprint density at radius 2 is 1.63 bits per heavy atom. The Morgan fingerprint density at radius 1 is 0.926 bits per heavy atom. The van der Waals surface area contributed by atoms with E-state index in [1.165, 1.54) is 48.1 Å². The summed E-state index contributed by atoms with van der Waals surface area (Å²) in [5.74, 6) is 0.0127. The van der Waals surface area contributed by atoms with Crippen molar-refractivity contribution in [3.05, 3.63) is 88.1 Å². The van der Waals surface area contributed by atoms with Gasteiger partial charge in [-0.05, 0) is 60.4 Å². The third-order valence-electron chi connectivity index (χ3n) is 5.49. The first kappa shape index (κ1) is 18.1. The van der Waals surface area contributed by atoms with Crippen molar-refractivity contribution in [2.45, 2.75) is 32.1 Å². The number of allylic oxidation sites excluding steroid dienone is 4. The number of fused-ring (bicyclic) bond motifs is 1. The highest BCUT2D eigenvalue weighted by Gasteiger charge is 2.24. The molecule has 2 aromatic carbocycles. The van der Waals surface area contributed by atoms with Gasteiger partial charge in [0, 0.05) is 41.4 Å². The fraction of sp³-hybridized carbons (Fsp3) is 0.292. The minimum Gasteiger partial charge on any atom is -0.374 e. The Kier molecular flexibility index (Phi) is 5.45. The van der Waals surface area contributed by atoms with Gasteiger partial charge in [-0.1, -0.05) is 48.7 Å². The summed E-state index contributed by atoms with van der Waals surface area (Å²) in [6.07, 6.45) is 9.82. The molecule has 1 aliphatic carbocycles. The van der Waals surface area contributed by atoms with E-state index in [9.17, 15) is 4.79 Å². The predicted octanol–water partition coefficient (Wildman–Crippen LogP) is 5.92. The molecule has 2 aliphatic rings. The maximum atomic E-state index is 12.6. The Hall–Kier alpha value is -2.32. The SMILES string of the molecule is O=C(C=CC1=C(N2CCCCCC2)Cc2ccccc21)c1ccc(Cl)cc1. The van der Waals surface area contributed by atoms with Gasteiger partial charge in [0.25, 0.3) is 0 Å². The van der Waals surface area contributed by atoms with Gasteiger partial charge in [-0.3, -0.25) is 4.79 Å². The van der Waals surface area contributed by atoms with Crippen LogP contribution in [-0.4, -0.2) is 23.8 Å². The second kappa shape index (κ2) is 8.14. The zero-order valence-corrected chi connectivity index (χ0v) is 16.2. The quantitative estimate of drug-likeness (QED) is 0.486. The zero-order valence-electron chi connectivity index (χ0n) is 15.5. The summed E-state index contributed by atoms with van der Waals surface area (Å²) in [6, 6.07) is 15.6. The van der Waals surface area contributed by atoms with Gasteiger partial charge in [0.15, 0.2) is 5.78 Å². The summed E-state index contributed by atoms with van der Waals surface area (Å²) < 4.78 is 0. The summed E-state index contributed by atoms with van der Waals surface area (Å²) in [7, 11) is 0. The number of hydrogen-bond donors (Lipinski definition) is 0. The van der Waals surface area contributed by atoms with Crippen molar-refractivity contribution < 1.29 is 4.79 Å². The monoisotopic (exact) mass is 377 g/mol. The first-order valence-corrected chi connectivity index (χ1v) is 10.1. The summed E-state index contributed by atoms with van der Waals surface area (Å²) in [6.45, 7) is 2.23. The van der Waals surface area contributed by atoms with Crippen molar-refractivity contribution in [3.63, 3.8) is 0 Å². The van der Waals surface area contributed by atoms with Gasteiger partial charge >= 0.3 is 0 Å². The van der Waals surface area contributed by atoms with Gasteiger partial charge in [0.05, 0.1) is 0 Å². The molecule has 2 aromatic rings.